The Hall–Kier alpha value is -1.30. The Kier molecular flexibility index (Phi) is 5.72. The van der Waals surface area contributed by atoms with Gasteiger partial charge in [-0.1, -0.05) is 49.6 Å². The molecule has 0 atom stereocenters. The first kappa shape index (κ1) is 10.7. The van der Waals surface area contributed by atoms with Crippen LogP contribution in [0.4, 0.5) is 0 Å². The molecule has 0 rings (SSSR count). The first-order chi connectivity index (χ1) is 5.76. The number of hydrogen-bond donors (Lipinski definition) is 0. The molecule has 0 aromatic rings. The summed E-state index contributed by atoms with van der Waals surface area (Å²) in [5, 5.41) is 0. The predicted molar refractivity (Wildman–Crippen MR) is 57.0 cm³/mol. The van der Waals surface area contributed by atoms with Crippen LogP contribution in [-0.4, -0.2) is 0 Å². The van der Waals surface area contributed by atoms with Gasteiger partial charge in [0.05, 0.1) is 0 Å². The van der Waals surface area contributed by atoms with E-state index in [-0.39, 0.29) is 0 Å². The van der Waals surface area contributed by atoms with Gasteiger partial charge in [0.2, 0.25) is 0 Å². The zero-order valence-corrected chi connectivity index (χ0v) is 7.88. The van der Waals surface area contributed by atoms with Crippen molar-refractivity contribution in [2.45, 2.75) is 13.8 Å². The van der Waals surface area contributed by atoms with Gasteiger partial charge >= 0.3 is 0 Å². The molecule has 0 aliphatic carbocycles. The fraction of sp³-hybridized carbons (Fsp3) is 0.167. The molecule has 0 N–H and O–H groups in total. The van der Waals surface area contributed by atoms with Crippen molar-refractivity contribution in [1.29, 1.82) is 0 Å². The van der Waals surface area contributed by atoms with Crippen molar-refractivity contribution < 1.29 is 0 Å². The van der Waals surface area contributed by atoms with E-state index in [1.165, 1.54) is 11.1 Å². The summed E-state index contributed by atoms with van der Waals surface area (Å²) >= 11 is 0. The van der Waals surface area contributed by atoms with Crippen LogP contribution in [0.15, 0.2) is 60.8 Å². The summed E-state index contributed by atoms with van der Waals surface area (Å²) in [4.78, 5) is 0. The van der Waals surface area contributed by atoms with E-state index in [0.717, 1.165) is 0 Å². The molecule has 0 bridgehead atoms. The summed E-state index contributed by atoms with van der Waals surface area (Å²) < 4.78 is 0. The second-order valence-corrected chi connectivity index (χ2v) is 2.44. The van der Waals surface area contributed by atoms with Gasteiger partial charge in [-0.2, -0.15) is 0 Å². The smallest absolute Gasteiger partial charge is 0.0231 e. The maximum atomic E-state index is 3.72. The molecule has 0 aliphatic heterocycles. The molecule has 0 heteroatoms. The molecule has 0 amide bonds. The summed E-state index contributed by atoms with van der Waals surface area (Å²) in [5.74, 6) is 0. The number of allylic oxidation sites excluding steroid dienone is 8. The van der Waals surface area contributed by atoms with Crippen LogP contribution in [0.3, 0.4) is 0 Å². The van der Waals surface area contributed by atoms with Gasteiger partial charge in [-0.05, 0) is 25.0 Å². The van der Waals surface area contributed by atoms with E-state index in [4.69, 9.17) is 0 Å². The highest BCUT2D eigenvalue weighted by Crippen LogP contribution is 2.08. The Morgan fingerprint density at radius 2 is 1.83 bits per heavy atom. The summed E-state index contributed by atoms with van der Waals surface area (Å²) in [6, 6.07) is 0. The lowest BCUT2D eigenvalue weighted by molar-refractivity contribution is 1.45. The molecule has 0 saturated carbocycles. The Morgan fingerprint density at radius 3 is 2.25 bits per heavy atom. The third-order valence-corrected chi connectivity index (χ3v) is 1.52. The highest BCUT2D eigenvalue weighted by Gasteiger charge is 1.88. The molecular weight excluding hydrogens is 144 g/mol. The van der Waals surface area contributed by atoms with Gasteiger partial charge in [0.15, 0.2) is 0 Å². The van der Waals surface area contributed by atoms with Crippen molar-refractivity contribution in [2.75, 3.05) is 0 Å². The van der Waals surface area contributed by atoms with E-state index < -0.39 is 0 Å². The van der Waals surface area contributed by atoms with Gasteiger partial charge in [-0.3, -0.25) is 0 Å². The fourth-order valence-corrected chi connectivity index (χ4v) is 0.788. The van der Waals surface area contributed by atoms with E-state index in [9.17, 15) is 0 Å². The summed E-state index contributed by atoms with van der Waals surface area (Å²) in [6.07, 6.45) is 11.6. The van der Waals surface area contributed by atoms with Crippen LogP contribution in [0.5, 0.6) is 0 Å². The molecule has 0 fully saturated rings. The Morgan fingerprint density at radius 1 is 1.17 bits per heavy atom. The van der Waals surface area contributed by atoms with E-state index in [0.29, 0.717) is 0 Å². The van der Waals surface area contributed by atoms with Gasteiger partial charge in [0.1, 0.15) is 0 Å². The maximum absolute atomic E-state index is 3.72. The van der Waals surface area contributed by atoms with Gasteiger partial charge < -0.3 is 0 Å². The van der Waals surface area contributed by atoms with Crippen molar-refractivity contribution >= 4 is 0 Å². The average Bonchev–Trinajstić information content (AvgIpc) is 2.11. The minimum atomic E-state index is 1.17. The van der Waals surface area contributed by atoms with Gasteiger partial charge in [-0.15, -0.1) is 0 Å². The highest BCUT2D eigenvalue weighted by atomic mass is 13.9. The zero-order chi connectivity index (χ0) is 9.40. The SMILES string of the molecule is C=C\C=C/C(/C=C\C)=C(\C)C=C. The lowest BCUT2D eigenvalue weighted by Crippen LogP contribution is -1.76. The van der Waals surface area contributed by atoms with Gasteiger partial charge in [0.25, 0.3) is 0 Å². The Bertz CT molecular complexity index is 237. The maximum Gasteiger partial charge on any atom is -0.0231 e. The van der Waals surface area contributed by atoms with Crippen molar-refractivity contribution in [2.24, 2.45) is 0 Å². The second kappa shape index (κ2) is 6.41. The zero-order valence-electron chi connectivity index (χ0n) is 7.88. The molecule has 12 heavy (non-hydrogen) atoms. The summed E-state index contributed by atoms with van der Waals surface area (Å²) in [5.41, 5.74) is 2.35. The van der Waals surface area contributed by atoms with E-state index in [2.05, 4.69) is 19.2 Å². The Labute approximate surface area is 75.3 Å². The van der Waals surface area contributed by atoms with E-state index in [1.54, 1.807) is 6.08 Å². The van der Waals surface area contributed by atoms with Crippen LogP contribution >= 0.6 is 0 Å². The molecule has 0 heterocycles. The Balaban J connectivity index is 4.76. The monoisotopic (exact) mass is 160 g/mol. The van der Waals surface area contributed by atoms with Crippen LogP contribution in [0, 0.1) is 0 Å². The third kappa shape index (κ3) is 3.77. The first-order valence-electron chi connectivity index (χ1n) is 4.01. The van der Waals surface area contributed by atoms with Gasteiger partial charge in [-0.25, -0.2) is 0 Å². The van der Waals surface area contributed by atoms with Crippen molar-refractivity contribution in [3.63, 3.8) is 0 Å². The predicted octanol–water partition coefficient (Wildman–Crippen LogP) is 3.81. The van der Waals surface area contributed by atoms with Crippen LogP contribution in [-0.2, 0) is 0 Å². The van der Waals surface area contributed by atoms with Crippen LogP contribution < -0.4 is 0 Å². The lowest BCUT2D eigenvalue weighted by atomic mass is 10.1. The van der Waals surface area contributed by atoms with Crippen LogP contribution in [0.25, 0.3) is 0 Å². The number of rotatable bonds is 4. The normalized spacial score (nSPS) is 13.5. The van der Waals surface area contributed by atoms with E-state index >= 15 is 0 Å². The van der Waals surface area contributed by atoms with Crippen LogP contribution in [0.2, 0.25) is 0 Å². The largest absolute Gasteiger partial charge is 0.0991 e. The molecule has 0 aliphatic rings. The molecule has 64 valence electrons. The molecule has 0 aromatic carbocycles. The molecular formula is C12H16. The quantitative estimate of drug-likeness (QED) is 0.549. The molecule has 0 saturated heterocycles. The minimum Gasteiger partial charge on any atom is -0.0991 e. The molecule has 0 spiro atoms. The van der Waals surface area contributed by atoms with Crippen LogP contribution in [0.1, 0.15) is 13.8 Å². The molecule has 0 unspecified atom stereocenters. The summed E-state index contributed by atoms with van der Waals surface area (Å²) in [6.45, 7) is 11.4. The first-order valence-corrected chi connectivity index (χ1v) is 4.01. The standard InChI is InChI=1S/C12H16/c1-5-8-10-12(9-6-2)11(4)7-3/h5-10H,1,3H2,2,4H3/b9-6-,10-8-,12-11+. The van der Waals surface area contributed by atoms with Crippen molar-refractivity contribution in [3.8, 4) is 0 Å². The van der Waals surface area contributed by atoms with Crippen molar-refractivity contribution in [1.82, 2.24) is 0 Å². The second-order valence-electron chi connectivity index (χ2n) is 2.44. The highest BCUT2D eigenvalue weighted by molar-refractivity contribution is 5.39. The van der Waals surface area contributed by atoms with E-state index in [1.807, 2.05) is 38.2 Å². The minimum absolute atomic E-state index is 1.17. The lowest BCUT2D eigenvalue weighted by Gasteiger charge is -1.96. The summed E-state index contributed by atoms with van der Waals surface area (Å²) in [7, 11) is 0. The molecule has 0 aromatic heterocycles. The fourth-order valence-electron chi connectivity index (χ4n) is 0.788. The third-order valence-electron chi connectivity index (χ3n) is 1.52. The number of hydrogen-bond acceptors (Lipinski definition) is 0. The van der Waals surface area contributed by atoms with Gasteiger partial charge in [0, 0.05) is 0 Å². The average molecular weight is 160 g/mol. The van der Waals surface area contributed by atoms with Crippen molar-refractivity contribution in [3.05, 3.63) is 60.8 Å². The molecule has 0 nitrogen and oxygen atoms in total. The molecule has 0 radical (unpaired) electrons. The topological polar surface area (TPSA) is 0 Å².